The Morgan fingerprint density at radius 1 is 1.25 bits per heavy atom. The number of rotatable bonds is 3. The molecular weight excluding hydrogens is 308 g/mol. The fraction of sp³-hybridized carbons (Fsp3) is 0.667. The van der Waals surface area contributed by atoms with Crippen molar-refractivity contribution in [1.29, 1.82) is 0 Å². The highest BCUT2D eigenvalue weighted by Gasteiger charge is 2.38. The van der Waals surface area contributed by atoms with Gasteiger partial charge in [0, 0.05) is 26.1 Å². The maximum absolute atomic E-state index is 13.0. The van der Waals surface area contributed by atoms with Gasteiger partial charge in [-0.2, -0.15) is 0 Å². The molecule has 1 aromatic rings. The maximum Gasteiger partial charge on any atom is 0.409 e. The van der Waals surface area contributed by atoms with Crippen molar-refractivity contribution >= 4 is 12.0 Å². The second-order valence-electron chi connectivity index (χ2n) is 6.60. The molecule has 0 aliphatic carbocycles. The number of carbonyl (C=O) groups excluding carboxylic acids is 2. The van der Waals surface area contributed by atoms with Crippen LogP contribution in [0.4, 0.5) is 4.79 Å². The topological polar surface area (TPSA) is 63.0 Å². The quantitative estimate of drug-likeness (QED) is 0.852. The van der Waals surface area contributed by atoms with Gasteiger partial charge in [0.1, 0.15) is 11.5 Å². The van der Waals surface area contributed by atoms with E-state index in [4.69, 9.17) is 9.15 Å². The Morgan fingerprint density at radius 3 is 2.75 bits per heavy atom. The molecule has 132 valence electrons. The summed E-state index contributed by atoms with van der Waals surface area (Å²) in [5.41, 5.74) is 0. The molecule has 3 rings (SSSR count). The van der Waals surface area contributed by atoms with Gasteiger partial charge < -0.3 is 19.0 Å². The van der Waals surface area contributed by atoms with Crippen molar-refractivity contribution in [2.75, 3.05) is 26.7 Å². The van der Waals surface area contributed by atoms with E-state index in [0.717, 1.165) is 50.2 Å². The van der Waals surface area contributed by atoms with Crippen molar-refractivity contribution in [1.82, 2.24) is 9.80 Å². The maximum atomic E-state index is 13.0. The van der Waals surface area contributed by atoms with Crippen LogP contribution in [0.15, 0.2) is 16.5 Å². The van der Waals surface area contributed by atoms with Crippen molar-refractivity contribution in [2.45, 2.75) is 45.1 Å². The third-order valence-corrected chi connectivity index (χ3v) is 5.10. The minimum absolute atomic E-state index is 0.0336. The molecule has 0 radical (unpaired) electrons. The summed E-state index contributed by atoms with van der Waals surface area (Å²) >= 11 is 0. The number of hydrogen-bond acceptors (Lipinski definition) is 4. The van der Waals surface area contributed by atoms with E-state index >= 15 is 0 Å². The van der Waals surface area contributed by atoms with Gasteiger partial charge in [-0.25, -0.2) is 4.79 Å². The molecule has 2 fully saturated rings. The van der Waals surface area contributed by atoms with Gasteiger partial charge in [-0.15, -0.1) is 0 Å². The first kappa shape index (κ1) is 16.9. The molecule has 6 nitrogen and oxygen atoms in total. The number of hydrogen-bond donors (Lipinski definition) is 0. The molecule has 1 aromatic heterocycles. The van der Waals surface area contributed by atoms with Gasteiger partial charge in [-0.05, 0) is 37.8 Å². The summed E-state index contributed by atoms with van der Waals surface area (Å²) < 4.78 is 10.7. The van der Waals surface area contributed by atoms with Crippen LogP contribution in [-0.2, 0) is 16.0 Å². The molecule has 2 aliphatic rings. The van der Waals surface area contributed by atoms with Gasteiger partial charge in [-0.3, -0.25) is 4.79 Å². The van der Waals surface area contributed by atoms with Crippen LogP contribution in [0.5, 0.6) is 0 Å². The first-order chi connectivity index (χ1) is 11.6. The zero-order valence-corrected chi connectivity index (χ0v) is 14.5. The summed E-state index contributed by atoms with van der Waals surface area (Å²) in [6, 6.07) is 4.03. The van der Waals surface area contributed by atoms with Crippen LogP contribution in [0.2, 0.25) is 0 Å². The molecule has 3 heterocycles. The second-order valence-corrected chi connectivity index (χ2v) is 6.60. The molecule has 2 aliphatic heterocycles. The van der Waals surface area contributed by atoms with Crippen LogP contribution in [0.1, 0.15) is 50.2 Å². The third-order valence-electron chi connectivity index (χ3n) is 5.10. The van der Waals surface area contributed by atoms with E-state index in [1.54, 1.807) is 4.90 Å². The van der Waals surface area contributed by atoms with Crippen LogP contribution in [0, 0.1) is 5.92 Å². The van der Waals surface area contributed by atoms with Crippen LogP contribution >= 0.6 is 0 Å². The fourth-order valence-corrected chi connectivity index (χ4v) is 3.80. The van der Waals surface area contributed by atoms with Gasteiger partial charge in [0.15, 0.2) is 0 Å². The Kier molecular flexibility index (Phi) is 5.11. The SMILES string of the molecule is CCc1ccc(C2CCCN2C(=O)C2CCCN(C(=O)OC)C2)o1. The fourth-order valence-electron chi connectivity index (χ4n) is 3.80. The average molecular weight is 334 g/mol. The minimum Gasteiger partial charge on any atom is -0.464 e. The number of amides is 2. The predicted molar refractivity (Wildman–Crippen MR) is 88.5 cm³/mol. The number of methoxy groups -OCH3 is 1. The molecule has 0 bridgehead atoms. The van der Waals surface area contributed by atoms with Crippen molar-refractivity contribution < 1.29 is 18.7 Å². The Labute approximate surface area is 142 Å². The third kappa shape index (κ3) is 3.28. The summed E-state index contributed by atoms with van der Waals surface area (Å²) in [5.74, 6) is 1.84. The lowest BCUT2D eigenvalue weighted by atomic mass is 9.96. The Bertz CT molecular complexity index is 598. The number of piperidine rings is 1. The van der Waals surface area contributed by atoms with Crippen LogP contribution in [-0.4, -0.2) is 48.5 Å². The molecule has 2 saturated heterocycles. The summed E-state index contributed by atoms with van der Waals surface area (Å²) in [4.78, 5) is 28.4. The van der Waals surface area contributed by atoms with E-state index in [1.165, 1.54) is 7.11 Å². The lowest BCUT2D eigenvalue weighted by Crippen LogP contribution is -2.46. The molecule has 0 spiro atoms. The van der Waals surface area contributed by atoms with Gasteiger partial charge in [0.25, 0.3) is 0 Å². The van der Waals surface area contributed by atoms with E-state index in [1.807, 2.05) is 17.0 Å². The molecule has 6 heteroatoms. The van der Waals surface area contributed by atoms with Gasteiger partial charge in [-0.1, -0.05) is 6.92 Å². The largest absolute Gasteiger partial charge is 0.464 e. The van der Waals surface area contributed by atoms with Crippen molar-refractivity contribution in [3.8, 4) is 0 Å². The number of furan rings is 1. The average Bonchev–Trinajstić information content (AvgIpc) is 3.29. The Balaban J connectivity index is 1.70. The Hall–Kier alpha value is -1.98. The van der Waals surface area contributed by atoms with E-state index in [-0.39, 0.29) is 24.0 Å². The number of aryl methyl sites for hydroxylation is 1. The number of nitrogens with zero attached hydrogens (tertiary/aromatic N) is 2. The van der Waals surface area contributed by atoms with Crippen molar-refractivity contribution in [3.05, 3.63) is 23.7 Å². The molecular formula is C18H26N2O4. The summed E-state index contributed by atoms with van der Waals surface area (Å²) in [6.07, 6.45) is 4.11. The van der Waals surface area contributed by atoms with E-state index in [9.17, 15) is 9.59 Å². The normalized spacial score (nSPS) is 24.2. The summed E-state index contributed by atoms with van der Waals surface area (Å²) in [6.45, 7) is 3.94. The predicted octanol–water partition coefficient (Wildman–Crippen LogP) is 2.98. The molecule has 24 heavy (non-hydrogen) atoms. The summed E-state index contributed by atoms with van der Waals surface area (Å²) in [7, 11) is 1.38. The lowest BCUT2D eigenvalue weighted by Gasteiger charge is -2.34. The van der Waals surface area contributed by atoms with Crippen LogP contribution in [0.25, 0.3) is 0 Å². The number of carbonyl (C=O) groups is 2. The molecule has 2 amide bonds. The lowest BCUT2D eigenvalue weighted by molar-refractivity contribution is -0.138. The molecule has 0 N–H and O–H groups in total. The minimum atomic E-state index is -0.343. The van der Waals surface area contributed by atoms with E-state index < -0.39 is 0 Å². The van der Waals surface area contributed by atoms with Gasteiger partial charge in [0.2, 0.25) is 5.91 Å². The first-order valence-electron chi connectivity index (χ1n) is 8.86. The molecule has 2 unspecified atom stereocenters. The highest BCUT2D eigenvalue weighted by molar-refractivity contribution is 5.80. The molecule has 0 aromatic carbocycles. The number of ether oxygens (including phenoxy) is 1. The smallest absolute Gasteiger partial charge is 0.409 e. The van der Waals surface area contributed by atoms with Gasteiger partial charge >= 0.3 is 6.09 Å². The summed E-state index contributed by atoms with van der Waals surface area (Å²) in [5, 5.41) is 0. The highest BCUT2D eigenvalue weighted by atomic mass is 16.5. The molecule has 2 atom stereocenters. The highest BCUT2D eigenvalue weighted by Crippen LogP contribution is 2.35. The van der Waals surface area contributed by atoms with E-state index in [0.29, 0.717) is 13.1 Å². The zero-order valence-electron chi connectivity index (χ0n) is 14.5. The number of likely N-dealkylation sites (tertiary alicyclic amines) is 2. The Morgan fingerprint density at radius 2 is 2.04 bits per heavy atom. The zero-order chi connectivity index (χ0) is 17.1. The van der Waals surface area contributed by atoms with E-state index in [2.05, 4.69) is 6.92 Å². The van der Waals surface area contributed by atoms with Crippen molar-refractivity contribution in [3.63, 3.8) is 0 Å². The van der Waals surface area contributed by atoms with Crippen LogP contribution in [0.3, 0.4) is 0 Å². The van der Waals surface area contributed by atoms with Crippen LogP contribution < -0.4 is 0 Å². The molecule has 0 saturated carbocycles. The monoisotopic (exact) mass is 334 g/mol. The second kappa shape index (κ2) is 7.28. The van der Waals surface area contributed by atoms with Crippen molar-refractivity contribution in [2.24, 2.45) is 5.92 Å². The van der Waals surface area contributed by atoms with Gasteiger partial charge in [0.05, 0.1) is 19.1 Å². The standard InChI is InChI=1S/C18H26N2O4/c1-3-14-8-9-16(24-14)15-7-5-11-20(15)17(21)13-6-4-10-19(12-13)18(22)23-2/h8-9,13,15H,3-7,10-12H2,1-2H3. The first-order valence-corrected chi connectivity index (χ1v) is 8.86.